The molecule has 4 nitrogen and oxygen atoms in total. The third-order valence-electron chi connectivity index (χ3n) is 2.73. The van der Waals surface area contributed by atoms with Gasteiger partial charge in [-0.1, -0.05) is 11.6 Å². The van der Waals surface area contributed by atoms with Crippen LogP contribution in [-0.4, -0.2) is 17.9 Å². The molecule has 0 radical (unpaired) electrons. The lowest BCUT2D eigenvalue weighted by Crippen LogP contribution is -2.44. The van der Waals surface area contributed by atoms with Crippen LogP contribution in [0.4, 0.5) is 8.78 Å². The number of nitrogens with one attached hydrogen (secondary N) is 1. The molecule has 0 saturated carbocycles. The molecular formula is C15H18F2N2O2. The van der Waals surface area contributed by atoms with E-state index in [0.717, 1.165) is 23.8 Å². The van der Waals surface area contributed by atoms with Gasteiger partial charge in [0.2, 0.25) is 11.8 Å². The van der Waals surface area contributed by atoms with Crippen molar-refractivity contribution in [2.45, 2.75) is 32.7 Å². The van der Waals surface area contributed by atoms with Crippen LogP contribution in [0.2, 0.25) is 0 Å². The number of benzene rings is 1. The molecule has 114 valence electrons. The number of allylic oxidation sites excluding steroid dienone is 1. The van der Waals surface area contributed by atoms with Crippen molar-refractivity contribution in [3.63, 3.8) is 0 Å². The zero-order valence-corrected chi connectivity index (χ0v) is 12.0. The Morgan fingerprint density at radius 2 is 1.81 bits per heavy atom. The van der Waals surface area contributed by atoms with E-state index in [4.69, 9.17) is 5.73 Å². The maximum Gasteiger partial charge on any atom is 0.240 e. The number of hydrogen-bond donors (Lipinski definition) is 2. The number of halogens is 2. The Morgan fingerprint density at radius 3 is 2.29 bits per heavy atom. The summed E-state index contributed by atoms with van der Waals surface area (Å²) in [7, 11) is 0. The van der Waals surface area contributed by atoms with Crippen molar-refractivity contribution in [1.82, 2.24) is 5.32 Å². The number of primary amides is 1. The highest BCUT2D eigenvalue weighted by molar-refractivity contribution is 5.87. The van der Waals surface area contributed by atoms with Crippen molar-refractivity contribution in [2.75, 3.05) is 0 Å². The minimum atomic E-state index is -0.842. The summed E-state index contributed by atoms with van der Waals surface area (Å²) in [6.45, 7) is 3.71. The summed E-state index contributed by atoms with van der Waals surface area (Å²) >= 11 is 0. The lowest BCUT2D eigenvalue weighted by atomic mass is 10.1. The molecule has 2 amide bonds. The summed E-state index contributed by atoms with van der Waals surface area (Å²) in [5.74, 6) is -2.69. The molecule has 0 aromatic heterocycles. The topological polar surface area (TPSA) is 72.2 Å². The molecule has 1 aromatic rings. The van der Waals surface area contributed by atoms with Crippen LogP contribution in [0.15, 0.2) is 29.8 Å². The van der Waals surface area contributed by atoms with E-state index in [9.17, 15) is 18.4 Å². The van der Waals surface area contributed by atoms with E-state index >= 15 is 0 Å². The number of nitrogens with two attached hydrogens (primary N) is 1. The molecule has 0 fully saturated rings. The monoisotopic (exact) mass is 296 g/mol. The molecule has 0 spiro atoms. The average Bonchev–Trinajstić information content (AvgIpc) is 2.32. The van der Waals surface area contributed by atoms with E-state index in [1.165, 1.54) is 0 Å². The molecule has 6 heteroatoms. The zero-order chi connectivity index (χ0) is 16.0. The van der Waals surface area contributed by atoms with Crippen LogP contribution in [0, 0.1) is 11.6 Å². The van der Waals surface area contributed by atoms with Gasteiger partial charge in [0.25, 0.3) is 0 Å². The smallest absolute Gasteiger partial charge is 0.240 e. The van der Waals surface area contributed by atoms with Gasteiger partial charge in [0.1, 0.15) is 17.7 Å². The minimum Gasteiger partial charge on any atom is -0.368 e. The second-order valence-electron chi connectivity index (χ2n) is 4.99. The Hall–Kier alpha value is -2.24. The number of rotatable bonds is 6. The van der Waals surface area contributed by atoms with Gasteiger partial charge in [0, 0.05) is 6.07 Å². The first kappa shape index (κ1) is 16.8. The van der Waals surface area contributed by atoms with E-state index in [2.05, 4.69) is 5.32 Å². The van der Waals surface area contributed by atoms with E-state index in [0.29, 0.717) is 0 Å². The zero-order valence-electron chi connectivity index (χ0n) is 12.0. The van der Waals surface area contributed by atoms with Crippen molar-refractivity contribution in [3.8, 4) is 0 Å². The first-order chi connectivity index (χ1) is 9.77. The van der Waals surface area contributed by atoms with E-state index in [1.807, 2.05) is 13.8 Å². The van der Waals surface area contributed by atoms with Gasteiger partial charge in [-0.2, -0.15) is 0 Å². The van der Waals surface area contributed by atoms with Gasteiger partial charge in [0.15, 0.2) is 0 Å². The molecule has 1 rings (SSSR count). The Morgan fingerprint density at radius 1 is 1.24 bits per heavy atom. The summed E-state index contributed by atoms with van der Waals surface area (Å²) in [6, 6.07) is 2.02. The normalized spacial score (nSPS) is 11.6. The average molecular weight is 296 g/mol. The van der Waals surface area contributed by atoms with Gasteiger partial charge in [-0.05, 0) is 38.0 Å². The first-order valence-corrected chi connectivity index (χ1v) is 6.45. The molecule has 1 atom stereocenters. The Balaban J connectivity index is 2.69. The molecule has 0 unspecified atom stereocenters. The second-order valence-corrected chi connectivity index (χ2v) is 4.99. The van der Waals surface area contributed by atoms with Crippen molar-refractivity contribution >= 4 is 11.8 Å². The Bertz CT molecular complexity index is 547. The van der Waals surface area contributed by atoms with E-state index in [1.54, 1.807) is 6.08 Å². The minimum absolute atomic E-state index is 0.190. The highest BCUT2D eigenvalue weighted by Gasteiger charge is 2.17. The van der Waals surface area contributed by atoms with Crippen LogP contribution in [0.1, 0.15) is 25.8 Å². The van der Waals surface area contributed by atoms with Gasteiger partial charge in [0.05, 0.1) is 6.42 Å². The van der Waals surface area contributed by atoms with Crippen LogP contribution < -0.4 is 11.1 Å². The van der Waals surface area contributed by atoms with Crippen molar-refractivity contribution in [1.29, 1.82) is 0 Å². The van der Waals surface area contributed by atoms with Crippen LogP contribution in [0.5, 0.6) is 0 Å². The van der Waals surface area contributed by atoms with Gasteiger partial charge in [-0.25, -0.2) is 8.78 Å². The first-order valence-electron chi connectivity index (χ1n) is 6.45. The summed E-state index contributed by atoms with van der Waals surface area (Å²) in [6.07, 6.45) is 1.83. The second kappa shape index (κ2) is 7.52. The lowest BCUT2D eigenvalue weighted by Gasteiger charge is -2.14. The maximum absolute atomic E-state index is 13.0. The molecule has 0 saturated heterocycles. The van der Waals surface area contributed by atoms with Crippen LogP contribution >= 0.6 is 0 Å². The summed E-state index contributed by atoms with van der Waals surface area (Å²) < 4.78 is 26.1. The van der Waals surface area contributed by atoms with Crippen LogP contribution in [0.3, 0.4) is 0 Å². The molecular weight excluding hydrogens is 278 g/mol. The van der Waals surface area contributed by atoms with Gasteiger partial charge in [-0.15, -0.1) is 0 Å². The molecule has 0 aliphatic carbocycles. The third kappa shape index (κ3) is 6.16. The highest BCUT2D eigenvalue weighted by atomic mass is 19.1. The quantitative estimate of drug-likeness (QED) is 0.786. The van der Waals surface area contributed by atoms with Crippen LogP contribution in [0.25, 0.3) is 0 Å². The molecule has 3 N–H and O–H groups in total. The highest BCUT2D eigenvalue weighted by Crippen LogP contribution is 2.09. The fraction of sp³-hybridized carbons (Fsp3) is 0.333. The number of hydrogen-bond acceptors (Lipinski definition) is 2. The van der Waals surface area contributed by atoms with E-state index < -0.39 is 29.5 Å². The van der Waals surface area contributed by atoms with Gasteiger partial charge >= 0.3 is 0 Å². The molecule has 0 heterocycles. The predicted octanol–water partition coefficient (Wildman–Crippen LogP) is 1.83. The van der Waals surface area contributed by atoms with Gasteiger partial charge < -0.3 is 11.1 Å². The molecule has 0 aliphatic heterocycles. The SMILES string of the molecule is CC(C)=CC[C@H](NC(=O)Cc1cc(F)cc(F)c1)C(N)=O. The van der Waals surface area contributed by atoms with Crippen molar-refractivity contribution in [3.05, 3.63) is 47.0 Å². The summed E-state index contributed by atoms with van der Waals surface area (Å²) in [4.78, 5) is 23.1. The fourth-order valence-corrected chi connectivity index (χ4v) is 1.74. The van der Waals surface area contributed by atoms with E-state index in [-0.39, 0.29) is 18.4 Å². The Kier molecular flexibility index (Phi) is 6.02. The number of carbonyl (C=O) groups excluding carboxylic acids is 2. The van der Waals surface area contributed by atoms with Crippen molar-refractivity contribution in [2.24, 2.45) is 5.73 Å². The summed E-state index contributed by atoms with van der Waals surface area (Å²) in [5.41, 5.74) is 6.39. The standard InChI is InChI=1S/C15H18F2N2O2/c1-9(2)3-4-13(15(18)21)19-14(20)7-10-5-11(16)8-12(17)6-10/h3,5-6,8,13H,4,7H2,1-2H3,(H2,18,21)(H,19,20)/t13-/m0/s1. The third-order valence-corrected chi connectivity index (χ3v) is 2.73. The number of carbonyl (C=O) groups is 2. The largest absolute Gasteiger partial charge is 0.368 e. The van der Waals surface area contributed by atoms with Crippen molar-refractivity contribution < 1.29 is 18.4 Å². The lowest BCUT2D eigenvalue weighted by molar-refractivity contribution is -0.126. The molecule has 21 heavy (non-hydrogen) atoms. The molecule has 1 aromatic carbocycles. The maximum atomic E-state index is 13.0. The Labute approximate surface area is 122 Å². The number of amides is 2. The fourth-order valence-electron chi connectivity index (χ4n) is 1.74. The van der Waals surface area contributed by atoms with Crippen LogP contribution in [-0.2, 0) is 16.0 Å². The summed E-state index contributed by atoms with van der Waals surface area (Å²) in [5, 5.41) is 2.46. The van der Waals surface area contributed by atoms with Gasteiger partial charge in [-0.3, -0.25) is 9.59 Å². The predicted molar refractivity (Wildman–Crippen MR) is 75.2 cm³/mol. The molecule has 0 aliphatic rings. The molecule has 0 bridgehead atoms.